The summed E-state index contributed by atoms with van der Waals surface area (Å²) in [6, 6.07) is 0. The van der Waals surface area contributed by atoms with Gasteiger partial charge in [0.2, 0.25) is 0 Å². The number of rotatable bonds is 2. The van der Waals surface area contributed by atoms with Crippen molar-refractivity contribution in [3.63, 3.8) is 0 Å². The van der Waals surface area contributed by atoms with Crippen LogP contribution in [0.15, 0.2) is 0 Å². The lowest BCUT2D eigenvalue weighted by Crippen LogP contribution is -2.15. The molecular weight excluding hydrogens is 172 g/mol. The summed E-state index contributed by atoms with van der Waals surface area (Å²) in [5.74, 6) is -0.0361. The highest BCUT2D eigenvalue weighted by atomic mass is 16.4. The van der Waals surface area contributed by atoms with E-state index >= 15 is 0 Å². The molecule has 0 bridgehead atoms. The van der Waals surface area contributed by atoms with Gasteiger partial charge in [-0.05, 0) is 0 Å². The first kappa shape index (κ1) is 8.03. The van der Waals surface area contributed by atoms with Crippen LogP contribution in [0.1, 0.15) is 5.69 Å². The van der Waals surface area contributed by atoms with E-state index < -0.39 is 5.97 Å². The zero-order valence-corrected chi connectivity index (χ0v) is 7.27. The molecular formula is C7H10N4O2. The third kappa shape index (κ3) is 1.24. The van der Waals surface area contributed by atoms with Crippen molar-refractivity contribution in [1.29, 1.82) is 0 Å². The Labute approximate surface area is 74.8 Å². The molecule has 2 rings (SSSR count). The SMILES string of the molecule is CN1CCn2nnc(CC(=O)O)c21. The highest BCUT2D eigenvalue weighted by Crippen LogP contribution is 2.22. The van der Waals surface area contributed by atoms with E-state index in [9.17, 15) is 4.79 Å². The topological polar surface area (TPSA) is 71.2 Å². The first-order valence-electron chi connectivity index (χ1n) is 4.04. The molecule has 0 saturated carbocycles. The van der Waals surface area contributed by atoms with E-state index in [2.05, 4.69) is 10.3 Å². The molecule has 1 N–H and O–H groups in total. The maximum atomic E-state index is 10.5. The summed E-state index contributed by atoms with van der Waals surface area (Å²) < 4.78 is 1.73. The number of carboxylic acids is 1. The van der Waals surface area contributed by atoms with Crippen molar-refractivity contribution in [1.82, 2.24) is 15.0 Å². The average Bonchev–Trinajstić information content (AvgIpc) is 2.56. The smallest absolute Gasteiger partial charge is 0.309 e. The standard InChI is InChI=1S/C7H10N4O2/c1-10-2-3-11-7(10)5(8-9-11)4-6(12)13/h2-4H2,1H3,(H,12,13). The van der Waals surface area contributed by atoms with E-state index in [0.29, 0.717) is 5.69 Å². The van der Waals surface area contributed by atoms with Gasteiger partial charge >= 0.3 is 5.97 Å². The number of likely N-dealkylation sites (N-methyl/N-ethyl adjacent to an activating group) is 1. The predicted octanol–water partition coefficient (Wildman–Crippen LogP) is -0.645. The highest BCUT2D eigenvalue weighted by molar-refractivity contribution is 5.71. The Morgan fingerprint density at radius 3 is 3.08 bits per heavy atom. The number of anilines is 1. The molecule has 0 radical (unpaired) electrons. The Kier molecular flexibility index (Phi) is 1.68. The molecule has 6 nitrogen and oxygen atoms in total. The lowest BCUT2D eigenvalue weighted by Gasteiger charge is -2.08. The molecule has 13 heavy (non-hydrogen) atoms. The van der Waals surface area contributed by atoms with E-state index in [1.807, 2.05) is 11.9 Å². The van der Waals surface area contributed by atoms with Gasteiger partial charge < -0.3 is 10.0 Å². The minimum absolute atomic E-state index is 0.0559. The van der Waals surface area contributed by atoms with Gasteiger partial charge in [-0.2, -0.15) is 0 Å². The summed E-state index contributed by atoms with van der Waals surface area (Å²) in [5, 5.41) is 16.3. The van der Waals surface area contributed by atoms with Crippen LogP contribution < -0.4 is 4.90 Å². The van der Waals surface area contributed by atoms with Crippen LogP contribution in [-0.2, 0) is 17.8 Å². The Morgan fingerprint density at radius 1 is 1.62 bits per heavy atom. The van der Waals surface area contributed by atoms with Gasteiger partial charge in [-0.3, -0.25) is 4.79 Å². The number of hydrogen-bond donors (Lipinski definition) is 1. The largest absolute Gasteiger partial charge is 0.481 e. The molecule has 6 heteroatoms. The average molecular weight is 182 g/mol. The van der Waals surface area contributed by atoms with Gasteiger partial charge in [0, 0.05) is 13.6 Å². The van der Waals surface area contributed by atoms with Crippen LogP contribution >= 0.6 is 0 Å². The number of hydrogen-bond acceptors (Lipinski definition) is 4. The van der Waals surface area contributed by atoms with Crippen LogP contribution in [0.3, 0.4) is 0 Å². The fraction of sp³-hybridized carbons (Fsp3) is 0.571. The van der Waals surface area contributed by atoms with Crippen LogP contribution in [0.2, 0.25) is 0 Å². The van der Waals surface area contributed by atoms with Gasteiger partial charge in [0.15, 0.2) is 5.82 Å². The summed E-state index contributed by atoms with van der Waals surface area (Å²) in [5.41, 5.74) is 0.549. The minimum Gasteiger partial charge on any atom is -0.481 e. The maximum absolute atomic E-state index is 10.5. The molecule has 1 aromatic rings. The fourth-order valence-electron chi connectivity index (χ4n) is 1.52. The van der Waals surface area contributed by atoms with Crippen molar-refractivity contribution in [2.24, 2.45) is 0 Å². The number of fused-ring (bicyclic) bond motifs is 1. The third-order valence-corrected chi connectivity index (χ3v) is 2.10. The van der Waals surface area contributed by atoms with Gasteiger partial charge in [-0.25, -0.2) is 4.68 Å². The molecule has 1 aliphatic heterocycles. The summed E-state index contributed by atoms with van der Waals surface area (Å²) in [6.07, 6.45) is -0.0559. The monoisotopic (exact) mass is 182 g/mol. The van der Waals surface area contributed by atoms with Gasteiger partial charge in [0.05, 0.1) is 13.0 Å². The highest BCUT2D eigenvalue weighted by Gasteiger charge is 2.23. The van der Waals surface area contributed by atoms with Crippen LogP contribution in [0.5, 0.6) is 0 Å². The van der Waals surface area contributed by atoms with Crippen LogP contribution in [0, 0.1) is 0 Å². The maximum Gasteiger partial charge on any atom is 0.309 e. The Hall–Kier alpha value is -1.59. The second-order valence-electron chi connectivity index (χ2n) is 3.07. The van der Waals surface area contributed by atoms with E-state index in [1.165, 1.54) is 0 Å². The van der Waals surface area contributed by atoms with E-state index in [0.717, 1.165) is 18.9 Å². The van der Waals surface area contributed by atoms with Crippen LogP contribution in [0.4, 0.5) is 5.82 Å². The van der Waals surface area contributed by atoms with E-state index in [1.54, 1.807) is 4.68 Å². The molecule has 1 aliphatic rings. The molecule has 70 valence electrons. The molecule has 2 heterocycles. The van der Waals surface area contributed by atoms with Crippen molar-refractivity contribution < 1.29 is 9.90 Å². The lowest BCUT2D eigenvalue weighted by atomic mass is 10.3. The number of carbonyl (C=O) groups is 1. The Balaban J connectivity index is 2.32. The number of aliphatic carboxylic acids is 1. The molecule has 0 aromatic carbocycles. The van der Waals surface area contributed by atoms with E-state index in [-0.39, 0.29) is 6.42 Å². The van der Waals surface area contributed by atoms with E-state index in [4.69, 9.17) is 5.11 Å². The summed E-state index contributed by atoms with van der Waals surface area (Å²) in [4.78, 5) is 12.4. The molecule has 1 aromatic heterocycles. The van der Waals surface area contributed by atoms with Crippen LogP contribution in [-0.4, -0.2) is 39.7 Å². The minimum atomic E-state index is -0.872. The second-order valence-corrected chi connectivity index (χ2v) is 3.07. The fourth-order valence-corrected chi connectivity index (χ4v) is 1.52. The van der Waals surface area contributed by atoms with Crippen molar-refractivity contribution in [3.05, 3.63) is 5.69 Å². The van der Waals surface area contributed by atoms with Crippen molar-refractivity contribution in [2.75, 3.05) is 18.5 Å². The van der Waals surface area contributed by atoms with Crippen molar-refractivity contribution >= 4 is 11.8 Å². The third-order valence-electron chi connectivity index (χ3n) is 2.10. The van der Waals surface area contributed by atoms with Gasteiger partial charge in [-0.15, -0.1) is 5.10 Å². The summed E-state index contributed by atoms with van der Waals surface area (Å²) >= 11 is 0. The molecule has 0 spiro atoms. The number of carboxylic acid groups (broad SMARTS) is 1. The molecule has 0 fully saturated rings. The zero-order chi connectivity index (χ0) is 9.42. The van der Waals surface area contributed by atoms with Gasteiger partial charge in [0.1, 0.15) is 5.69 Å². The first-order chi connectivity index (χ1) is 6.18. The Bertz CT molecular complexity index is 346. The molecule has 0 aliphatic carbocycles. The number of nitrogens with zero attached hydrogens (tertiary/aromatic N) is 4. The molecule has 0 atom stereocenters. The summed E-state index contributed by atoms with van der Waals surface area (Å²) in [6.45, 7) is 1.66. The Morgan fingerprint density at radius 2 is 2.38 bits per heavy atom. The lowest BCUT2D eigenvalue weighted by molar-refractivity contribution is -0.136. The molecule has 0 unspecified atom stereocenters. The predicted molar refractivity (Wildman–Crippen MR) is 44.6 cm³/mol. The molecule has 0 saturated heterocycles. The molecule has 0 amide bonds. The second kappa shape index (κ2) is 2.72. The van der Waals surface area contributed by atoms with Gasteiger partial charge in [0.25, 0.3) is 0 Å². The summed E-state index contributed by atoms with van der Waals surface area (Å²) in [7, 11) is 1.91. The zero-order valence-electron chi connectivity index (χ0n) is 7.27. The van der Waals surface area contributed by atoms with Crippen molar-refractivity contribution in [2.45, 2.75) is 13.0 Å². The van der Waals surface area contributed by atoms with Crippen molar-refractivity contribution in [3.8, 4) is 0 Å². The number of aromatic nitrogens is 3. The van der Waals surface area contributed by atoms with Gasteiger partial charge in [-0.1, -0.05) is 5.21 Å². The quantitative estimate of drug-likeness (QED) is 0.658. The first-order valence-corrected chi connectivity index (χ1v) is 4.04. The van der Waals surface area contributed by atoms with Crippen LogP contribution in [0.25, 0.3) is 0 Å². The normalized spacial score (nSPS) is 14.7.